The monoisotopic (exact) mass is 218 g/mol. The fraction of sp³-hybridized carbons (Fsp3) is 0.600. The van der Waals surface area contributed by atoms with E-state index >= 15 is 0 Å². The van der Waals surface area contributed by atoms with E-state index in [1.807, 2.05) is 6.07 Å². The Kier molecular flexibility index (Phi) is 3.87. The molecule has 0 bridgehead atoms. The molecule has 88 valence electrons. The highest BCUT2D eigenvalue weighted by Gasteiger charge is 2.16. The predicted octanol–water partition coefficient (Wildman–Crippen LogP) is 4.00. The molecular weight excluding hydrogens is 196 g/mol. The maximum atomic E-state index is 9.85. The van der Waals surface area contributed by atoms with E-state index in [2.05, 4.69) is 13.0 Å². The van der Waals surface area contributed by atoms with Gasteiger partial charge in [-0.3, -0.25) is 0 Å². The lowest BCUT2D eigenvalue weighted by Gasteiger charge is -2.20. The van der Waals surface area contributed by atoms with Crippen LogP contribution in [-0.4, -0.2) is 5.11 Å². The van der Waals surface area contributed by atoms with Crippen LogP contribution in [0.5, 0.6) is 5.75 Å². The molecule has 1 N–H and O–H groups in total. The number of aryl methyl sites for hydroxylation is 1. The number of phenols is 1. The molecule has 0 unspecified atom stereocenters. The van der Waals surface area contributed by atoms with Crippen LogP contribution in [0.4, 0.5) is 0 Å². The van der Waals surface area contributed by atoms with Crippen LogP contribution in [0.25, 0.3) is 0 Å². The highest BCUT2D eigenvalue weighted by atomic mass is 16.3. The minimum Gasteiger partial charge on any atom is -0.508 e. The van der Waals surface area contributed by atoms with Gasteiger partial charge in [0.05, 0.1) is 0 Å². The van der Waals surface area contributed by atoms with Gasteiger partial charge in [0.25, 0.3) is 0 Å². The first kappa shape index (κ1) is 11.5. The van der Waals surface area contributed by atoms with Gasteiger partial charge in [0, 0.05) is 0 Å². The summed E-state index contributed by atoms with van der Waals surface area (Å²) in [7, 11) is 0. The van der Waals surface area contributed by atoms with Crippen LogP contribution in [0, 0.1) is 0 Å². The van der Waals surface area contributed by atoms with E-state index in [0.717, 1.165) is 6.42 Å². The van der Waals surface area contributed by atoms with Crippen molar-refractivity contribution in [3.63, 3.8) is 0 Å². The molecule has 1 aliphatic rings. The zero-order valence-corrected chi connectivity index (χ0v) is 10.3. The maximum absolute atomic E-state index is 9.85. The third-order valence-corrected chi connectivity index (χ3v) is 3.66. The van der Waals surface area contributed by atoms with Crippen molar-refractivity contribution in [3.05, 3.63) is 28.8 Å². The SMILES string of the molecule is CCCCCc1ccc(O)c2c1CCCC2. The topological polar surface area (TPSA) is 20.2 Å². The molecule has 0 atom stereocenters. The first-order valence-corrected chi connectivity index (χ1v) is 6.65. The molecule has 0 aliphatic heterocycles. The standard InChI is InChI=1S/C15H22O/c1-2-3-4-7-12-10-11-15(16)14-9-6-5-8-13(12)14/h10-11,16H,2-9H2,1H3. The molecule has 1 aromatic rings. The minimum absolute atomic E-state index is 0.522. The molecule has 16 heavy (non-hydrogen) atoms. The molecule has 1 aliphatic carbocycles. The lowest BCUT2D eigenvalue weighted by atomic mass is 9.86. The Bertz CT molecular complexity index is 355. The number of aromatic hydroxyl groups is 1. The van der Waals surface area contributed by atoms with Crippen molar-refractivity contribution < 1.29 is 5.11 Å². The Morgan fingerprint density at radius 1 is 1.06 bits per heavy atom. The molecule has 0 fully saturated rings. The summed E-state index contributed by atoms with van der Waals surface area (Å²) in [5.41, 5.74) is 4.18. The van der Waals surface area contributed by atoms with Gasteiger partial charge in [0.2, 0.25) is 0 Å². The van der Waals surface area contributed by atoms with E-state index in [1.54, 1.807) is 0 Å². The Balaban J connectivity index is 2.18. The molecule has 1 nitrogen and oxygen atoms in total. The lowest BCUT2D eigenvalue weighted by molar-refractivity contribution is 0.461. The van der Waals surface area contributed by atoms with E-state index in [4.69, 9.17) is 0 Å². The van der Waals surface area contributed by atoms with Crippen LogP contribution in [0.2, 0.25) is 0 Å². The molecule has 0 saturated heterocycles. The van der Waals surface area contributed by atoms with E-state index in [0.29, 0.717) is 5.75 Å². The van der Waals surface area contributed by atoms with Gasteiger partial charge in [-0.25, -0.2) is 0 Å². The van der Waals surface area contributed by atoms with Crippen molar-refractivity contribution in [3.8, 4) is 5.75 Å². The third kappa shape index (κ3) is 2.40. The van der Waals surface area contributed by atoms with E-state index in [-0.39, 0.29) is 0 Å². The van der Waals surface area contributed by atoms with E-state index < -0.39 is 0 Å². The fourth-order valence-corrected chi connectivity index (χ4v) is 2.72. The summed E-state index contributed by atoms with van der Waals surface area (Å²) in [6, 6.07) is 4.03. The van der Waals surface area contributed by atoms with Crippen LogP contribution in [-0.2, 0) is 19.3 Å². The van der Waals surface area contributed by atoms with Gasteiger partial charge >= 0.3 is 0 Å². The highest BCUT2D eigenvalue weighted by molar-refractivity contribution is 5.45. The van der Waals surface area contributed by atoms with Crippen LogP contribution in [0.15, 0.2) is 12.1 Å². The van der Waals surface area contributed by atoms with Crippen molar-refractivity contribution in [2.75, 3.05) is 0 Å². The Morgan fingerprint density at radius 2 is 1.81 bits per heavy atom. The summed E-state index contributed by atoms with van der Waals surface area (Å²) >= 11 is 0. The quantitative estimate of drug-likeness (QED) is 0.757. The van der Waals surface area contributed by atoms with Crippen molar-refractivity contribution in [2.45, 2.75) is 58.3 Å². The average molecular weight is 218 g/mol. The molecular formula is C15H22O. The summed E-state index contributed by atoms with van der Waals surface area (Å²) in [6.45, 7) is 2.24. The molecule has 0 radical (unpaired) electrons. The molecule has 1 heteroatoms. The molecule has 0 spiro atoms. The second-order valence-electron chi connectivity index (χ2n) is 4.87. The predicted molar refractivity (Wildman–Crippen MR) is 68.0 cm³/mol. The first-order chi connectivity index (χ1) is 7.83. The largest absolute Gasteiger partial charge is 0.508 e. The fourth-order valence-electron chi connectivity index (χ4n) is 2.72. The maximum Gasteiger partial charge on any atom is 0.119 e. The van der Waals surface area contributed by atoms with Crippen LogP contribution >= 0.6 is 0 Å². The number of hydrogen-bond donors (Lipinski definition) is 1. The Hall–Kier alpha value is -0.980. The van der Waals surface area contributed by atoms with Gasteiger partial charge in [0.1, 0.15) is 5.75 Å². The number of unbranched alkanes of at least 4 members (excludes halogenated alkanes) is 2. The summed E-state index contributed by atoms with van der Waals surface area (Å²) in [5, 5.41) is 9.85. The number of benzene rings is 1. The molecule has 2 rings (SSSR count). The van der Waals surface area contributed by atoms with Crippen molar-refractivity contribution in [1.82, 2.24) is 0 Å². The van der Waals surface area contributed by atoms with Gasteiger partial charge in [0.15, 0.2) is 0 Å². The summed E-state index contributed by atoms with van der Waals surface area (Å²) in [5.74, 6) is 0.522. The van der Waals surface area contributed by atoms with Crippen molar-refractivity contribution in [2.24, 2.45) is 0 Å². The van der Waals surface area contributed by atoms with Crippen molar-refractivity contribution >= 4 is 0 Å². The second kappa shape index (κ2) is 5.38. The number of hydrogen-bond acceptors (Lipinski definition) is 1. The van der Waals surface area contributed by atoms with Gasteiger partial charge in [-0.15, -0.1) is 0 Å². The van der Waals surface area contributed by atoms with Crippen LogP contribution in [0.1, 0.15) is 55.7 Å². The smallest absolute Gasteiger partial charge is 0.119 e. The molecule has 0 saturated carbocycles. The molecule has 0 amide bonds. The summed E-state index contributed by atoms with van der Waals surface area (Å²) in [6.07, 6.45) is 9.84. The number of phenolic OH excluding ortho intramolecular Hbond substituents is 1. The van der Waals surface area contributed by atoms with Crippen LogP contribution < -0.4 is 0 Å². The zero-order chi connectivity index (χ0) is 11.4. The minimum atomic E-state index is 0.522. The second-order valence-corrected chi connectivity index (χ2v) is 4.87. The van der Waals surface area contributed by atoms with Crippen LogP contribution in [0.3, 0.4) is 0 Å². The number of rotatable bonds is 4. The number of fused-ring (bicyclic) bond motifs is 1. The van der Waals surface area contributed by atoms with E-state index in [9.17, 15) is 5.11 Å². The van der Waals surface area contributed by atoms with Gasteiger partial charge in [-0.2, -0.15) is 0 Å². The summed E-state index contributed by atoms with van der Waals surface area (Å²) < 4.78 is 0. The summed E-state index contributed by atoms with van der Waals surface area (Å²) in [4.78, 5) is 0. The third-order valence-electron chi connectivity index (χ3n) is 3.66. The van der Waals surface area contributed by atoms with Gasteiger partial charge in [-0.05, 0) is 61.3 Å². The lowest BCUT2D eigenvalue weighted by Crippen LogP contribution is -2.06. The first-order valence-electron chi connectivity index (χ1n) is 6.65. The molecule has 0 heterocycles. The van der Waals surface area contributed by atoms with Gasteiger partial charge < -0.3 is 5.11 Å². The normalized spacial score (nSPS) is 14.8. The Labute approximate surface area is 98.5 Å². The average Bonchev–Trinajstić information content (AvgIpc) is 2.33. The van der Waals surface area contributed by atoms with E-state index in [1.165, 1.54) is 61.6 Å². The van der Waals surface area contributed by atoms with Crippen molar-refractivity contribution in [1.29, 1.82) is 0 Å². The van der Waals surface area contributed by atoms with Gasteiger partial charge in [-0.1, -0.05) is 25.8 Å². The molecule has 0 aromatic heterocycles. The zero-order valence-electron chi connectivity index (χ0n) is 10.3. The molecule has 1 aromatic carbocycles. The highest BCUT2D eigenvalue weighted by Crippen LogP contribution is 2.32. The Morgan fingerprint density at radius 3 is 2.56 bits per heavy atom.